The number of fused-ring (bicyclic) bond motifs is 1. The maximum atomic E-state index is 13.2. The van der Waals surface area contributed by atoms with Gasteiger partial charge in [-0.3, -0.25) is 19.9 Å². The molecule has 3 aromatic rings. The van der Waals surface area contributed by atoms with Gasteiger partial charge in [0.05, 0.1) is 11.1 Å². The third-order valence-electron chi connectivity index (χ3n) is 5.72. The molecule has 3 N–H and O–H groups in total. The molecule has 30 heavy (non-hydrogen) atoms. The fourth-order valence-electron chi connectivity index (χ4n) is 3.82. The van der Waals surface area contributed by atoms with Gasteiger partial charge in [-0.15, -0.1) is 0 Å². The number of urea groups is 1. The molecule has 0 spiro atoms. The molecule has 5 rings (SSSR count). The van der Waals surface area contributed by atoms with Crippen LogP contribution in [0.5, 0.6) is 0 Å². The molecular weight excluding hydrogens is 380 g/mol. The summed E-state index contributed by atoms with van der Waals surface area (Å²) in [5, 5.41) is 8.62. The number of benzene rings is 2. The average molecular weight is 400 g/mol. The van der Waals surface area contributed by atoms with Crippen molar-refractivity contribution in [3.8, 4) is 0 Å². The number of para-hydroxylation sites is 1. The van der Waals surface area contributed by atoms with Gasteiger partial charge in [0.1, 0.15) is 5.54 Å². The molecule has 0 radical (unpaired) electrons. The number of carbonyl (C=O) groups excluding carboxylic acids is 3. The van der Waals surface area contributed by atoms with Crippen LogP contribution in [-0.4, -0.2) is 22.8 Å². The van der Waals surface area contributed by atoms with Crippen molar-refractivity contribution < 1.29 is 14.4 Å². The summed E-state index contributed by atoms with van der Waals surface area (Å²) in [6.07, 6.45) is 2.20. The normalized spacial score (nSPS) is 20.7. The lowest BCUT2D eigenvalue weighted by atomic mass is 9.92. The van der Waals surface area contributed by atoms with Crippen LogP contribution in [-0.2, 0) is 10.3 Å². The molecule has 1 aliphatic carbocycles. The molecule has 0 bridgehead atoms. The fraction of sp³-hybridized carbons (Fsp3) is 0.217. The number of amides is 4. The first-order chi connectivity index (χ1) is 14.4. The first kappa shape index (κ1) is 18.3. The molecule has 1 saturated heterocycles. The number of imide groups is 1. The van der Waals surface area contributed by atoms with E-state index in [1.165, 1.54) is 0 Å². The molecule has 7 nitrogen and oxygen atoms in total. The van der Waals surface area contributed by atoms with E-state index in [2.05, 4.69) is 16.0 Å². The number of anilines is 1. The van der Waals surface area contributed by atoms with E-state index in [0.29, 0.717) is 22.7 Å². The Kier molecular flexibility index (Phi) is 4.06. The van der Waals surface area contributed by atoms with Crippen LogP contribution < -0.4 is 16.0 Å². The quantitative estimate of drug-likeness (QED) is 0.584. The van der Waals surface area contributed by atoms with Crippen molar-refractivity contribution in [1.29, 1.82) is 0 Å². The van der Waals surface area contributed by atoms with Crippen molar-refractivity contribution in [2.24, 2.45) is 0 Å². The first-order valence-electron chi connectivity index (χ1n) is 9.89. The summed E-state index contributed by atoms with van der Waals surface area (Å²) in [7, 11) is 0. The highest BCUT2D eigenvalue weighted by Crippen LogP contribution is 2.40. The van der Waals surface area contributed by atoms with E-state index in [9.17, 15) is 14.4 Å². The summed E-state index contributed by atoms with van der Waals surface area (Å²) in [6, 6.07) is 15.9. The maximum absolute atomic E-state index is 13.2. The van der Waals surface area contributed by atoms with Crippen LogP contribution in [0.1, 0.15) is 47.3 Å². The molecule has 4 amide bonds. The average Bonchev–Trinajstić information content (AvgIpc) is 3.54. The Morgan fingerprint density at radius 3 is 2.63 bits per heavy atom. The Labute approximate surface area is 172 Å². The zero-order chi connectivity index (χ0) is 20.9. The number of hydrogen-bond donors (Lipinski definition) is 3. The van der Waals surface area contributed by atoms with Gasteiger partial charge in [0.25, 0.3) is 11.8 Å². The molecule has 2 heterocycles. The fourth-order valence-corrected chi connectivity index (χ4v) is 3.82. The van der Waals surface area contributed by atoms with Gasteiger partial charge in [-0.25, -0.2) is 4.79 Å². The van der Waals surface area contributed by atoms with Crippen LogP contribution in [0.15, 0.2) is 54.6 Å². The van der Waals surface area contributed by atoms with Crippen molar-refractivity contribution in [3.63, 3.8) is 0 Å². The molecule has 1 saturated carbocycles. The van der Waals surface area contributed by atoms with E-state index in [4.69, 9.17) is 4.98 Å². The molecule has 1 atom stereocenters. The highest BCUT2D eigenvalue weighted by Gasteiger charge is 2.43. The van der Waals surface area contributed by atoms with Crippen LogP contribution in [0.4, 0.5) is 10.5 Å². The summed E-state index contributed by atoms with van der Waals surface area (Å²) in [4.78, 5) is 41.7. The SMILES string of the molecule is CC1(c2cccc(NC(=O)c3cc(C4CC4)nc4ccccc34)c2)NC(=O)NC1=O. The van der Waals surface area contributed by atoms with Crippen LogP contribution in [0.3, 0.4) is 0 Å². The van der Waals surface area contributed by atoms with Crippen LogP contribution in [0, 0.1) is 0 Å². The number of pyridine rings is 1. The summed E-state index contributed by atoms with van der Waals surface area (Å²) < 4.78 is 0. The predicted octanol–water partition coefficient (Wildman–Crippen LogP) is 3.42. The van der Waals surface area contributed by atoms with E-state index >= 15 is 0 Å². The minimum Gasteiger partial charge on any atom is -0.322 e. The second-order valence-corrected chi connectivity index (χ2v) is 7.95. The molecule has 2 aliphatic rings. The highest BCUT2D eigenvalue weighted by molar-refractivity contribution is 6.12. The number of nitrogens with zero attached hydrogens (tertiary/aromatic N) is 1. The van der Waals surface area contributed by atoms with Crippen LogP contribution in [0.2, 0.25) is 0 Å². The third-order valence-corrected chi connectivity index (χ3v) is 5.72. The number of rotatable bonds is 4. The minimum absolute atomic E-state index is 0.238. The highest BCUT2D eigenvalue weighted by atomic mass is 16.2. The Bertz CT molecular complexity index is 1220. The zero-order valence-corrected chi connectivity index (χ0v) is 16.4. The number of nitrogens with one attached hydrogen (secondary N) is 3. The summed E-state index contributed by atoms with van der Waals surface area (Å²) >= 11 is 0. The lowest BCUT2D eigenvalue weighted by molar-refractivity contribution is -0.123. The molecular formula is C23H20N4O3. The molecule has 1 unspecified atom stereocenters. The molecule has 2 aromatic carbocycles. The number of hydrogen-bond acceptors (Lipinski definition) is 4. The van der Waals surface area contributed by atoms with Gasteiger partial charge in [-0.05, 0) is 49.6 Å². The van der Waals surface area contributed by atoms with Gasteiger partial charge in [0.2, 0.25) is 0 Å². The van der Waals surface area contributed by atoms with Crippen molar-refractivity contribution in [3.05, 3.63) is 71.4 Å². The van der Waals surface area contributed by atoms with E-state index in [-0.39, 0.29) is 5.91 Å². The molecule has 1 aromatic heterocycles. The van der Waals surface area contributed by atoms with Gasteiger partial charge >= 0.3 is 6.03 Å². The second-order valence-electron chi connectivity index (χ2n) is 7.95. The van der Waals surface area contributed by atoms with Gasteiger partial charge in [-0.2, -0.15) is 0 Å². The standard InChI is InChI=1S/C23H20N4O3/c1-23(21(29)26-22(30)27-23)14-5-4-6-15(11-14)24-20(28)17-12-19(13-9-10-13)25-18-8-3-2-7-16(17)18/h2-8,11-13H,9-10H2,1H3,(H,24,28)(H2,26,27,29,30). The Morgan fingerprint density at radius 2 is 1.90 bits per heavy atom. The van der Waals surface area contributed by atoms with E-state index in [1.807, 2.05) is 30.3 Å². The Balaban J connectivity index is 1.48. The number of aromatic nitrogens is 1. The first-order valence-corrected chi connectivity index (χ1v) is 9.89. The molecule has 2 fully saturated rings. The van der Waals surface area contributed by atoms with Crippen molar-refractivity contribution in [2.45, 2.75) is 31.2 Å². The molecule has 1 aliphatic heterocycles. The van der Waals surface area contributed by atoms with E-state index in [0.717, 1.165) is 29.4 Å². The zero-order valence-electron chi connectivity index (χ0n) is 16.4. The molecule has 150 valence electrons. The van der Waals surface area contributed by atoms with Gasteiger partial charge < -0.3 is 10.6 Å². The van der Waals surface area contributed by atoms with Crippen molar-refractivity contribution in [1.82, 2.24) is 15.6 Å². The lowest BCUT2D eigenvalue weighted by Gasteiger charge is -2.21. The largest absolute Gasteiger partial charge is 0.322 e. The summed E-state index contributed by atoms with van der Waals surface area (Å²) in [5.41, 5.74) is 2.28. The smallest absolute Gasteiger partial charge is 0.322 e. The number of carbonyl (C=O) groups is 3. The van der Waals surface area contributed by atoms with Crippen molar-refractivity contribution in [2.75, 3.05) is 5.32 Å². The Hall–Kier alpha value is -3.74. The third kappa shape index (κ3) is 3.08. The topological polar surface area (TPSA) is 100 Å². The predicted molar refractivity (Wildman–Crippen MR) is 112 cm³/mol. The van der Waals surface area contributed by atoms with Crippen LogP contribution >= 0.6 is 0 Å². The van der Waals surface area contributed by atoms with Gasteiger partial charge in [0.15, 0.2) is 0 Å². The second kappa shape index (κ2) is 6.66. The summed E-state index contributed by atoms with van der Waals surface area (Å²) in [6.45, 7) is 1.63. The van der Waals surface area contributed by atoms with E-state index in [1.54, 1.807) is 31.2 Å². The van der Waals surface area contributed by atoms with Crippen molar-refractivity contribution >= 4 is 34.4 Å². The van der Waals surface area contributed by atoms with Gasteiger partial charge in [0, 0.05) is 22.7 Å². The Morgan fingerprint density at radius 1 is 1.10 bits per heavy atom. The van der Waals surface area contributed by atoms with Crippen LogP contribution in [0.25, 0.3) is 10.9 Å². The minimum atomic E-state index is -1.18. The van der Waals surface area contributed by atoms with Gasteiger partial charge in [-0.1, -0.05) is 30.3 Å². The monoisotopic (exact) mass is 400 g/mol. The van der Waals surface area contributed by atoms with E-state index < -0.39 is 17.5 Å². The lowest BCUT2D eigenvalue weighted by Crippen LogP contribution is -2.40. The summed E-state index contributed by atoms with van der Waals surface area (Å²) in [5.74, 6) is -0.239. The maximum Gasteiger partial charge on any atom is 0.322 e. The molecule has 7 heteroatoms.